The van der Waals surface area contributed by atoms with Crippen LogP contribution in [0.3, 0.4) is 0 Å². The van der Waals surface area contributed by atoms with Crippen LogP contribution in [0.4, 0.5) is 4.79 Å². The first kappa shape index (κ1) is 18.2. The van der Waals surface area contributed by atoms with Crippen molar-refractivity contribution in [2.45, 2.75) is 44.7 Å². The van der Waals surface area contributed by atoms with E-state index in [1.807, 2.05) is 0 Å². The van der Waals surface area contributed by atoms with E-state index in [0.717, 1.165) is 0 Å². The average molecular weight is 290 g/mol. The van der Waals surface area contributed by atoms with Gasteiger partial charge in [0.15, 0.2) is 0 Å². The van der Waals surface area contributed by atoms with Crippen LogP contribution in [-0.4, -0.2) is 63.4 Å². The molecular formula is C12H22N2O6. The Morgan fingerprint density at radius 2 is 1.80 bits per heavy atom. The first-order chi connectivity index (χ1) is 9.11. The molecule has 1 atom stereocenters. The molecule has 0 radical (unpaired) electrons. The molecule has 0 aliphatic carbocycles. The van der Waals surface area contributed by atoms with Gasteiger partial charge in [0, 0.05) is 13.5 Å². The number of aliphatic hydroxyl groups excluding tert-OH is 1. The van der Waals surface area contributed by atoms with Crippen molar-refractivity contribution >= 4 is 18.0 Å². The molecule has 0 aliphatic rings. The lowest BCUT2D eigenvalue weighted by molar-refractivity contribution is -0.140. The van der Waals surface area contributed by atoms with E-state index in [-0.39, 0.29) is 25.9 Å². The van der Waals surface area contributed by atoms with Crippen LogP contribution in [0.1, 0.15) is 33.1 Å². The Labute approximate surface area is 117 Å². The van der Waals surface area contributed by atoms with Gasteiger partial charge in [0.2, 0.25) is 0 Å². The number of aliphatic hydroxyl groups is 1. The number of carboxylic acid groups (broad SMARTS) is 2. The maximum absolute atomic E-state index is 11.9. The Balaban J connectivity index is 4.55. The maximum atomic E-state index is 11.9. The Morgan fingerprint density at radius 1 is 1.25 bits per heavy atom. The van der Waals surface area contributed by atoms with Crippen LogP contribution >= 0.6 is 0 Å². The molecule has 0 heterocycles. The first-order valence-electron chi connectivity index (χ1n) is 6.21. The van der Waals surface area contributed by atoms with E-state index in [1.165, 1.54) is 11.9 Å². The highest BCUT2D eigenvalue weighted by molar-refractivity contribution is 5.82. The van der Waals surface area contributed by atoms with E-state index in [4.69, 9.17) is 15.3 Å². The Hall–Kier alpha value is -1.83. The standard InChI is InChI=1S/C12H22N2O6/c1-12(2,7-15)14(3)11(20)13-8(10(18)19)5-4-6-9(16)17/h8,15H,4-7H2,1-3H3,(H,13,20)(H,16,17)(H,18,19)/t8-/m1/s1. The monoisotopic (exact) mass is 290 g/mol. The fraction of sp³-hybridized carbons (Fsp3) is 0.750. The molecule has 116 valence electrons. The Morgan fingerprint density at radius 3 is 2.20 bits per heavy atom. The predicted octanol–water partition coefficient (Wildman–Crippen LogP) is 0.107. The average Bonchev–Trinajstić information content (AvgIpc) is 2.35. The summed E-state index contributed by atoms with van der Waals surface area (Å²) in [5.41, 5.74) is -0.825. The molecule has 0 aromatic rings. The van der Waals surface area contributed by atoms with Gasteiger partial charge >= 0.3 is 18.0 Å². The van der Waals surface area contributed by atoms with Gasteiger partial charge in [-0.1, -0.05) is 0 Å². The number of aliphatic carboxylic acids is 2. The molecule has 0 spiro atoms. The molecule has 0 aliphatic heterocycles. The first-order valence-corrected chi connectivity index (χ1v) is 6.21. The molecule has 20 heavy (non-hydrogen) atoms. The third-order valence-corrected chi connectivity index (χ3v) is 3.08. The number of hydrogen-bond acceptors (Lipinski definition) is 4. The third kappa shape index (κ3) is 5.87. The van der Waals surface area contributed by atoms with Crippen LogP contribution in [0.25, 0.3) is 0 Å². The fourth-order valence-electron chi connectivity index (χ4n) is 1.34. The van der Waals surface area contributed by atoms with E-state index in [0.29, 0.717) is 0 Å². The molecule has 2 amide bonds. The number of carbonyl (C=O) groups excluding carboxylic acids is 1. The lowest BCUT2D eigenvalue weighted by Gasteiger charge is -2.34. The summed E-state index contributed by atoms with van der Waals surface area (Å²) in [7, 11) is 1.45. The largest absolute Gasteiger partial charge is 0.481 e. The number of rotatable bonds is 8. The Kier molecular flexibility index (Phi) is 6.98. The van der Waals surface area contributed by atoms with Gasteiger partial charge in [-0.3, -0.25) is 4.79 Å². The molecule has 0 aromatic heterocycles. The lowest BCUT2D eigenvalue weighted by Crippen LogP contribution is -2.54. The second-order valence-electron chi connectivity index (χ2n) is 5.16. The summed E-state index contributed by atoms with van der Waals surface area (Å²) >= 11 is 0. The minimum atomic E-state index is -1.22. The normalized spacial score (nSPS) is 12.6. The minimum absolute atomic E-state index is 0.0285. The summed E-state index contributed by atoms with van der Waals surface area (Å²) in [5, 5.41) is 29.0. The summed E-state index contributed by atoms with van der Waals surface area (Å²) in [6.45, 7) is 2.99. The molecule has 4 N–H and O–H groups in total. The Bertz CT molecular complexity index is 369. The van der Waals surface area contributed by atoms with Gasteiger partial charge in [-0.2, -0.15) is 0 Å². The number of amides is 2. The topological polar surface area (TPSA) is 127 Å². The number of carbonyl (C=O) groups is 3. The zero-order valence-electron chi connectivity index (χ0n) is 11.9. The van der Waals surface area contributed by atoms with Crippen molar-refractivity contribution in [1.82, 2.24) is 10.2 Å². The summed E-state index contributed by atoms with van der Waals surface area (Å²) in [6.07, 6.45) is 0.0259. The molecule has 0 bridgehead atoms. The predicted molar refractivity (Wildman–Crippen MR) is 70.4 cm³/mol. The number of hydrogen-bond donors (Lipinski definition) is 4. The zero-order valence-corrected chi connectivity index (χ0v) is 11.9. The van der Waals surface area contributed by atoms with Crippen LogP contribution < -0.4 is 5.32 Å². The SMILES string of the molecule is CN(C(=O)N[C@H](CCCC(=O)O)C(=O)O)C(C)(C)CO. The molecule has 0 aromatic carbocycles. The molecule has 0 fully saturated rings. The highest BCUT2D eigenvalue weighted by Crippen LogP contribution is 2.12. The third-order valence-electron chi connectivity index (χ3n) is 3.08. The summed E-state index contributed by atoms with van der Waals surface area (Å²) in [4.78, 5) is 34.5. The van der Waals surface area contributed by atoms with Crippen LogP contribution in [0.15, 0.2) is 0 Å². The lowest BCUT2D eigenvalue weighted by atomic mass is 10.1. The van der Waals surface area contributed by atoms with Crippen molar-refractivity contribution < 1.29 is 29.7 Å². The summed E-state index contributed by atoms with van der Waals surface area (Å²) in [5.74, 6) is -2.24. The minimum Gasteiger partial charge on any atom is -0.481 e. The van der Waals surface area contributed by atoms with Crippen molar-refractivity contribution in [3.63, 3.8) is 0 Å². The summed E-state index contributed by atoms with van der Waals surface area (Å²) < 4.78 is 0. The molecule has 0 rings (SSSR count). The molecule has 0 unspecified atom stereocenters. The van der Waals surface area contributed by atoms with Gasteiger partial charge in [-0.05, 0) is 26.7 Å². The van der Waals surface area contributed by atoms with E-state index in [2.05, 4.69) is 5.32 Å². The number of nitrogens with one attached hydrogen (secondary N) is 1. The van der Waals surface area contributed by atoms with E-state index < -0.39 is 29.6 Å². The van der Waals surface area contributed by atoms with E-state index >= 15 is 0 Å². The highest BCUT2D eigenvalue weighted by atomic mass is 16.4. The van der Waals surface area contributed by atoms with Gasteiger partial charge in [-0.15, -0.1) is 0 Å². The molecular weight excluding hydrogens is 268 g/mol. The van der Waals surface area contributed by atoms with Gasteiger partial charge in [0.05, 0.1) is 12.1 Å². The quantitative estimate of drug-likeness (QED) is 0.502. The van der Waals surface area contributed by atoms with E-state index in [1.54, 1.807) is 13.8 Å². The van der Waals surface area contributed by atoms with Crippen molar-refractivity contribution in [2.75, 3.05) is 13.7 Å². The summed E-state index contributed by atoms with van der Waals surface area (Å²) in [6, 6.07) is -1.79. The molecule has 0 saturated carbocycles. The molecule has 8 nitrogen and oxygen atoms in total. The van der Waals surface area contributed by atoms with Crippen molar-refractivity contribution in [3.8, 4) is 0 Å². The fourth-order valence-corrected chi connectivity index (χ4v) is 1.34. The van der Waals surface area contributed by atoms with Gasteiger partial charge in [-0.25, -0.2) is 9.59 Å². The maximum Gasteiger partial charge on any atom is 0.326 e. The zero-order chi connectivity index (χ0) is 15.9. The smallest absolute Gasteiger partial charge is 0.326 e. The van der Waals surface area contributed by atoms with Gasteiger partial charge in [0.25, 0.3) is 0 Å². The van der Waals surface area contributed by atoms with Crippen LogP contribution in [0.5, 0.6) is 0 Å². The second kappa shape index (κ2) is 7.68. The molecule has 8 heteroatoms. The second-order valence-corrected chi connectivity index (χ2v) is 5.16. The van der Waals surface area contributed by atoms with Crippen molar-refractivity contribution in [1.29, 1.82) is 0 Å². The number of likely N-dealkylation sites (N-methyl/N-ethyl adjacent to an activating group) is 1. The van der Waals surface area contributed by atoms with Crippen molar-refractivity contribution in [2.24, 2.45) is 0 Å². The van der Waals surface area contributed by atoms with Crippen LogP contribution in [-0.2, 0) is 9.59 Å². The van der Waals surface area contributed by atoms with Crippen molar-refractivity contribution in [3.05, 3.63) is 0 Å². The molecule has 0 saturated heterocycles. The number of nitrogens with zero attached hydrogens (tertiary/aromatic N) is 1. The van der Waals surface area contributed by atoms with Crippen LogP contribution in [0.2, 0.25) is 0 Å². The number of urea groups is 1. The van der Waals surface area contributed by atoms with Gasteiger partial charge < -0.3 is 25.5 Å². The highest BCUT2D eigenvalue weighted by Gasteiger charge is 2.29. The van der Waals surface area contributed by atoms with Gasteiger partial charge in [0.1, 0.15) is 6.04 Å². The number of carboxylic acids is 2. The van der Waals surface area contributed by atoms with E-state index in [9.17, 15) is 14.4 Å². The van der Waals surface area contributed by atoms with Crippen LogP contribution in [0, 0.1) is 0 Å².